The zero-order valence-corrected chi connectivity index (χ0v) is 18.5. The summed E-state index contributed by atoms with van der Waals surface area (Å²) in [6, 6.07) is 11.2. The van der Waals surface area contributed by atoms with Crippen molar-refractivity contribution < 1.29 is 4.79 Å². The lowest BCUT2D eigenvalue weighted by Crippen LogP contribution is -2.23. The minimum atomic E-state index is -0.429. The molecule has 5 rings (SSSR count). The number of aromatic nitrogens is 7. The Hall–Kier alpha value is -4.18. The third kappa shape index (κ3) is 3.80. The lowest BCUT2D eigenvalue weighted by Gasteiger charge is -2.07. The molecule has 4 heterocycles. The highest BCUT2D eigenvalue weighted by molar-refractivity contribution is 6.32. The maximum atomic E-state index is 12.6. The van der Waals surface area contributed by atoms with Crippen molar-refractivity contribution in [2.45, 2.75) is 13.5 Å². The average molecular weight is 463 g/mol. The number of carbonyl (C=O) groups excluding carboxylic acids is 1. The number of H-pyrrole nitrogens is 2. The van der Waals surface area contributed by atoms with E-state index in [-0.39, 0.29) is 12.5 Å². The second-order valence-electron chi connectivity index (χ2n) is 7.55. The van der Waals surface area contributed by atoms with Crippen LogP contribution in [0.4, 0.5) is 0 Å². The van der Waals surface area contributed by atoms with Crippen LogP contribution < -0.4 is 11.0 Å². The first-order chi connectivity index (χ1) is 15.9. The molecule has 0 spiro atoms. The molecular formula is C22H19ClN8O2. The van der Waals surface area contributed by atoms with Gasteiger partial charge in [0, 0.05) is 36.1 Å². The van der Waals surface area contributed by atoms with Gasteiger partial charge in [-0.3, -0.25) is 18.9 Å². The summed E-state index contributed by atoms with van der Waals surface area (Å²) in [5, 5.41) is 13.6. The number of nitrogens with one attached hydrogen (secondary N) is 3. The van der Waals surface area contributed by atoms with Crippen molar-refractivity contribution in [1.29, 1.82) is 0 Å². The van der Waals surface area contributed by atoms with E-state index in [1.165, 1.54) is 0 Å². The van der Waals surface area contributed by atoms with Crippen LogP contribution >= 0.6 is 11.6 Å². The van der Waals surface area contributed by atoms with Gasteiger partial charge in [-0.25, -0.2) is 14.9 Å². The highest BCUT2D eigenvalue weighted by atomic mass is 35.5. The van der Waals surface area contributed by atoms with Crippen LogP contribution in [0.2, 0.25) is 5.15 Å². The first kappa shape index (κ1) is 20.7. The molecule has 4 aromatic heterocycles. The van der Waals surface area contributed by atoms with E-state index >= 15 is 0 Å². The fraction of sp³-hybridized carbons (Fsp3) is 0.136. The minimum Gasteiger partial charge on any atom is -0.345 e. The van der Waals surface area contributed by atoms with E-state index in [1.54, 1.807) is 27.4 Å². The molecule has 0 aliphatic rings. The molecule has 0 unspecified atom stereocenters. The molecule has 1 amide bonds. The Bertz CT molecular complexity index is 1560. The number of carbonyl (C=O) groups is 1. The van der Waals surface area contributed by atoms with Gasteiger partial charge in [0.15, 0.2) is 0 Å². The topological polar surface area (TPSA) is 126 Å². The van der Waals surface area contributed by atoms with E-state index in [4.69, 9.17) is 16.6 Å². The summed E-state index contributed by atoms with van der Waals surface area (Å²) in [6.45, 7) is 2.04. The number of benzene rings is 1. The molecule has 166 valence electrons. The lowest BCUT2D eigenvalue weighted by atomic mass is 9.99. The summed E-state index contributed by atoms with van der Waals surface area (Å²) in [6.07, 6.45) is 3.67. The second-order valence-corrected chi connectivity index (χ2v) is 7.91. The number of fused-ring (bicyclic) bond motifs is 1. The molecule has 0 saturated heterocycles. The predicted molar refractivity (Wildman–Crippen MR) is 123 cm³/mol. The van der Waals surface area contributed by atoms with E-state index in [0.29, 0.717) is 27.9 Å². The summed E-state index contributed by atoms with van der Waals surface area (Å²) in [5.74, 6) is 0.0104. The fourth-order valence-electron chi connectivity index (χ4n) is 3.77. The molecule has 5 aromatic rings. The Balaban J connectivity index is 1.50. The van der Waals surface area contributed by atoms with Gasteiger partial charge in [0.2, 0.25) is 0 Å². The van der Waals surface area contributed by atoms with E-state index < -0.39 is 5.69 Å². The van der Waals surface area contributed by atoms with Crippen LogP contribution in [0.1, 0.15) is 21.9 Å². The van der Waals surface area contributed by atoms with E-state index in [9.17, 15) is 9.59 Å². The number of pyridine rings is 1. The number of imidazole rings is 1. The van der Waals surface area contributed by atoms with Gasteiger partial charge in [-0.2, -0.15) is 10.2 Å². The highest BCUT2D eigenvalue weighted by Crippen LogP contribution is 2.36. The van der Waals surface area contributed by atoms with Crippen LogP contribution in [-0.4, -0.2) is 40.3 Å². The number of nitrogens with zero attached hydrogens (tertiary/aromatic N) is 5. The number of hydrogen-bond acceptors (Lipinski definition) is 5. The molecular weight excluding hydrogens is 444 g/mol. The van der Waals surface area contributed by atoms with Gasteiger partial charge in [0.25, 0.3) is 5.91 Å². The van der Waals surface area contributed by atoms with Crippen LogP contribution in [0.5, 0.6) is 0 Å². The quantitative estimate of drug-likeness (QED) is 0.370. The predicted octanol–water partition coefficient (Wildman–Crippen LogP) is 2.71. The molecule has 1 aromatic carbocycles. The van der Waals surface area contributed by atoms with Crippen molar-refractivity contribution >= 4 is 23.2 Å². The largest absolute Gasteiger partial charge is 0.345 e. The van der Waals surface area contributed by atoms with Crippen LogP contribution in [0, 0.1) is 6.92 Å². The molecule has 11 heteroatoms. The number of amides is 1. The summed E-state index contributed by atoms with van der Waals surface area (Å²) < 4.78 is 3.50. The molecule has 3 N–H and O–H groups in total. The normalized spacial score (nSPS) is 11.2. The SMILES string of the molecule is Cc1nn(C)cc1-c1ccccc1-c1nc2cc(C(=O)NCc3n[nH]c(=O)[nH]3)ccn2c1Cl. The van der Waals surface area contributed by atoms with Gasteiger partial charge in [-0.15, -0.1) is 0 Å². The van der Waals surface area contributed by atoms with E-state index in [1.807, 2.05) is 44.4 Å². The second kappa shape index (κ2) is 8.06. The highest BCUT2D eigenvalue weighted by Gasteiger charge is 2.19. The average Bonchev–Trinajstić information content (AvgIpc) is 3.48. The first-order valence-electron chi connectivity index (χ1n) is 10.1. The van der Waals surface area contributed by atoms with Crippen molar-refractivity contribution in [1.82, 2.24) is 39.7 Å². The standard InChI is InChI=1S/C22H19ClN8O2/c1-12-16(11-30(2)29-12)14-5-3-4-6-15(14)19-20(23)31-8-7-13(9-18(31)26-19)21(32)24-10-17-25-22(33)28-27-17/h3-9,11H,10H2,1-2H3,(H,24,32)(H2,25,27,28,33). The molecule has 0 aliphatic heterocycles. The number of halogens is 1. The number of aryl methyl sites for hydroxylation is 2. The van der Waals surface area contributed by atoms with E-state index in [2.05, 4.69) is 25.6 Å². The molecule has 33 heavy (non-hydrogen) atoms. The Kier molecular flexibility index (Phi) is 5.06. The number of hydrogen-bond donors (Lipinski definition) is 3. The van der Waals surface area contributed by atoms with Crippen LogP contribution in [0.25, 0.3) is 28.0 Å². The van der Waals surface area contributed by atoms with Crippen LogP contribution in [0.3, 0.4) is 0 Å². The van der Waals surface area contributed by atoms with Crippen LogP contribution in [-0.2, 0) is 13.6 Å². The first-order valence-corrected chi connectivity index (χ1v) is 10.5. The van der Waals surface area contributed by atoms with Crippen molar-refractivity contribution in [3.8, 4) is 22.4 Å². The Morgan fingerprint density at radius 3 is 2.67 bits per heavy atom. The van der Waals surface area contributed by atoms with Gasteiger partial charge >= 0.3 is 5.69 Å². The third-order valence-corrected chi connectivity index (χ3v) is 5.64. The lowest BCUT2D eigenvalue weighted by molar-refractivity contribution is 0.0950. The molecule has 10 nitrogen and oxygen atoms in total. The minimum absolute atomic E-state index is 0.0844. The van der Waals surface area contributed by atoms with Crippen LogP contribution in [0.15, 0.2) is 53.6 Å². The van der Waals surface area contributed by atoms with Crippen molar-refractivity contribution in [3.63, 3.8) is 0 Å². The molecule has 0 bridgehead atoms. The summed E-state index contributed by atoms with van der Waals surface area (Å²) in [7, 11) is 1.88. The maximum Gasteiger partial charge on any atom is 0.340 e. The Morgan fingerprint density at radius 1 is 1.18 bits per heavy atom. The van der Waals surface area contributed by atoms with Crippen molar-refractivity contribution in [3.05, 3.63) is 81.5 Å². The Morgan fingerprint density at radius 2 is 1.97 bits per heavy atom. The number of rotatable bonds is 5. The van der Waals surface area contributed by atoms with E-state index in [0.717, 1.165) is 22.4 Å². The van der Waals surface area contributed by atoms with Gasteiger partial charge in [0.1, 0.15) is 22.3 Å². The summed E-state index contributed by atoms with van der Waals surface area (Å²) in [4.78, 5) is 30.9. The van der Waals surface area contributed by atoms with Crippen molar-refractivity contribution in [2.75, 3.05) is 0 Å². The number of aromatic amines is 2. The molecule has 0 atom stereocenters. The monoisotopic (exact) mass is 462 g/mol. The molecule has 0 aliphatic carbocycles. The third-order valence-electron chi connectivity index (χ3n) is 5.28. The van der Waals surface area contributed by atoms with Crippen molar-refractivity contribution in [2.24, 2.45) is 7.05 Å². The van der Waals surface area contributed by atoms with Gasteiger partial charge in [-0.1, -0.05) is 35.9 Å². The van der Waals surface area contributed by atoms with Gasteiger partial charge in [0.05, 0.1) is 12.2 Å². The van der Waals surface area contributed by atoms with Gasteiger partial charge in [-0.05, 0) is 24.6 Å². The van der Waals surface area contributed by atoms with Gasteiger partial charge < -0.3 is 5.32 Å². The summed E-state index contributed by atoms with van der Waals surface area (Å²) >= 11 is 6.71. The summed E-state index contributed by atoms with van der Waals surface area (Å²) in [5.41, 5.74) is 4.87. The maximum absolute atomic E-state index is 12.6. The molecule has 0 fully saturated rings. The molecule has 0 saturated carbocycles. The smallest absolute Gasteiger partial charge is 0.340 e. The zero-order valence-electron chi connectivity index (χ0n) is 17.8. The fourth-order valence-corrected chi connectivity index (χ4v) is 4.06. The zero-order chi connectivity index (χ0) is 23.1. The molecule has 0 radical (unpaired) electrons. The Labute approximate surface area is 192 Å².